The van der Waals surface area contributed by atoms with Gasteiger partial charge in [-0.15, -0.1) is 0 Å². The third-order valence-corrected chi connectivity index (χ3v) is 1.85. The molecule has 0 amide bonds. The van der Waals surface area contributed by atoms with E-state index in [1.165, 1.54) is 12.8 Å². The summed E-state index contributed by atoms with van der Waals surface area (Å²) in [6.45, 7) is 0. The van der Waals surface area contributed by atoms with Crippen molar-refractivity contribution in [1.82, 2.24) is 0 Å². The molecule has 0 bridgehead atoms. The van der Waals surface area contributed by atoms with E-state index < -0.39 is 7.12 Å². The Morgan fingerprint density at radius 1 is 0.938 bits per heavy atom. The van der Waals surface area contributed by atoms with Gasteiger partial charge in [-0.2, -0.15) is 0 Å². The van der Waals surface area contributed by atoms with Gasteiger partial charge in [-0.1, -0.05) is 0 Å². The van der Waals surface area contributed by atoms with Gasteiger partial charge in [0.1, 0.15) is 6.29 Å². The van der Waals surface area contributed by atoms with Crippen LogP contribution in [0.4, 0.5) is 0 Å². The maximum absolute atomic E-state index is 10.2. The van der Waals surface area contributed by atoms with Gasteiger partial charge in [0.05, 0.1) is 0 Å². The van der Waals surface area contributed by atoms with Crippen molar-refractivity contribution in [3.8, 4) is 0 Å². The van der Waals surface area contributed by atoms with E-state index in [9.17, 15) is 4.79 Å². The average Bonchev–Trinajstić information content (AvgIpc) is 2.92. The zero-order chi connectivity index (χ0) is 11.1. The minimum Gasteiger partial charge on any atom is -0.427 e. The fourth-order valence-corrected chi connectivity index (χ4v) is 1.11. The molecule has 2 aliphatic rings. The molecule has 10 radical (unpaired) electrons. The first-order chi connectivity index (χ1) is 7.25. The third kappa shape index (κ3) is 5.49. The van der Waals surface area contributed by atoms with E-state index in [1.54, 1.807) is 6.42 Å². The molecule has 2 saturated carbocycles. The van der Waals surface area contributed by atoms with E-state index >= 15 is 0 Å². The minimum atomic E-state index is -1.55. The van der Waals surface area contributed by atoms with Crippen molar-refractivity contribution in [1.29, 1.82) is 0 Å². The van der Waals surface area contributed by atoms with Crippen LogP contribution in [0.5, 0.6) is 0 Å². The summed E-state index contributed by atoms with van der Waals surface area (Å²) in [5.74, 6) is 0.588. The molecule has 0 unspecified atom stereocenters. The molecule has 0 spiro atoms. The zero-order valence-corrected chi connectivity index (χ0v) is 9.53. The molecule has 0 heterocycles. The van der Waals surface area contributed by atoms with Crippen LogP contribution in [0, 0.1) is 63.1 Å². The van der Waals surface area contributed by atoms with Gasteiger partial charge in [-0.3, -0.25) is 0 Å². The van der Waals surface area contributed by atoms with Crippen molar-refractivity contribution in [2.24, 2.45) is 0 Å². The molecule has 0 aromatic rings. The van der Waals surface area contributed by atoms with Crippen LogP contribution in [0.3, 0.4) is 0 Å². The molecule has 0 atom stereocenters. The summed E-state index contributed by atoms with van der Waals surface area (Å²) in [6, 6.07) is 0. The van der Waals surface area contributed by atoms with E-state index in [0.717, 1.165) is 0 Å². The van der Waals surface area contributed by atoms with Crippen LogP contribution in [0.15, 0.2) is 0 Å². The van der Waals surface area contributed by atoms with Gasteiger partial charge in [0.2, 0.25) is 0 Å². The van der Waals surface area contributed by atoms with E-state index in [0.29, 0.717) is 12.2 Å². The normalized spacial score (nSPS) is 20.9. The zero-order valence-electron chi connectivity index (χ0n) is 8.43. The first-order valence-electron chi connectivity index (χ1n) is 4.49. The van der Waals surface area contributed by atoms with Gasteiger partial charge in [-0.25, -0.2) is 0 Å². The predicted octanol–water partition coefficient (Wildman–Crippen LogP) is -0.00830. The van der Waals surface area contributed by atoms with Crippen LogP contribution < -0.4 is 0 Å². The topological polar surface area (TPSA) is 57.5 Å². The fourth-order valence-electron chi connectivity index (χ4n) is 1.11. The summed E-state index contributed by atoms with van der Waals surface area (Å²) in [7, 11) is -1.55. The first kappa shape index (κ1) is 16.2. The SMILES string of the molecule is O=C[C]1[CH][CH][CH][C]1B(O)O.[CH]1[CH][CH][CH][CH]1.[Fe]. The number of carbonyl (C=O) groups is 1. The van der Waals surface area contributed by atoms with Crippen molar-refractivity contribution in [3.05, 3.63) is 63.1 Å². The first-order valence-corrected chi connectivity index (χ1v) is 4.49. The van der Waals surface area contributed by atoms with Crippen LogP contribution >= 0.6 is 0 Å². The van der Waals surface area contributed by atoms with E-state index in [1.807, 2.05) is 32.1 Å². The minimum absolute atomic E-state index is 0. The standard InChI is InChI=1S/C6H6BO3.C5H5.Fe/c8-4-5-2-1-3-6(5)7(9)10;1-2-4-5-3-1;/h1-4,9-10H;1-5H;. The average molecular weight is 258 g/mol. The molecular weight excluding hydrogens is 247 g/mol. The Hall–Kier alpha value is 0.174. The van der Waals surface area contributed by atoms with E-state index in [4.69, 9.17) is 10.0 Å². The molecule has 3 nitrogen and oxygen atoms in total. The van der Waals surface area contributed by atoms with E-state index in [-0.39, 0.29) is 22.9 Å². The van der Waals surface area contributed by atoms with Crippen LogP contribution in [-0.4, -0.2) is 23.5 Å². The van der Waals surface area contributed by atoms with Gasteiger partial charge in [-0.05, 0) is 51.4 Å². The number of hydrogen-bond donors (Lipinski definition) is 2. The van der Waals surface area contributed by atoms with Gasteiger partial charge in [0.25, 0.3) is 0 Å². The molecule has 84 valence electrons. The maximum Gasteiger partial charge on any atom is 0.459 e. The summed E-state index contributed by atoms with van der Waals surface area (Å²) in [5.41, 5.74) is 0. The Morgan fingerprint density at radius 3 is 1.75 bits per heavy atom. The largest absolute Gasteiger partial charge is 0.459 e. The molecule has 2 rings (SSSR count). The Labute approximate surface area is 109 Å². The number of hydrogen-bond acceptors (Lipinski definition) is 3. The Morgan fingerprint density at radius 2 is 1.44 bits per heavy atom. The summed E-state index contributed by atoms with van der Waals surface area (Å²) in [5, 5.41) is 17.2. The quantitative estimate of drug-likeness (QED) is 0.541. The molecule has 0 aromatic heterocycles. The smallest absolute Gasteiger partial charge is 0.427 e. The molecule has 16 heavy (non-hydrogen) atoms. The van der Waals surface area contributed by atoms with Crippen LogP contribution in [-0.2, 0) is 21.9 Å². The maximum atomic E-state index is 10.2. The Balaban J connectivity index is 0.000000318. The van der Waals surface area contributed by atoms with Gasteiger partial charge in [0.15, 0.2) is 0 Å². The molecule has 0 aromatic carbocycles. The van der Waals surface area contributed by atoms with Crippen molar-refractivity contribution in [3.63, 3.8) is 0 Å². The summed E-state index contributed by atoms with van der Waals surface area (Å²) >= 11 is 0. The summed E-state index contributed by atoms with van der Waals surface area (Å²) < 4.78 is 0. The van der Waals surface area contributed by atoms with Gasteiger partial charge < -0.3 is 14.8 Å². The van der Waals surface area contributed by atoms with Crippen molar-refractivity contribution < 1.29 is 31.9 Å². The number of rotatable bonds is 2. The molecular formula is C11H11BFeO3. The van der Waals surface area contributed by atoms with Crippen molar-refractivity contribution in [2.45, 2.75) is 0 Å². The molecule has 5 heteroatoms. The fraction of sp³-hybridized carbons (Fsp3) is 0. The molecule has 0 saturated heterocycles. The second-order valence-corrected chi connectivity index (χ2v) is 2.89. The van der Waals surface area contributed by atoms with Crippen molar-refractivity contribution in [2.75, 3.05) is 0 Å². The van der Waals surface area contributed by atoms with Crippen molar-refractivity contribution >= 4 is 13.4 Å². The monoisotopic (exact) mass is 258 g/mol. The van der Waals surface area contributed by atoms with Crippen LogP contribution in [0.1, 0.15) is 0 Å². The predicted molar refractivity (Wildman–Crippen MR) is 57.1 cm³/mol. The molecule has 2 fully saturated rings. The van der Waals surface area contributed by atoms with Crippen LogP contribution in [0.25, 0.3) is 0 Å². The summed E-state index contributed by atoms with van der Waals surface area (Å²) in [6.07, 6.45) is 15.2. The van der Waals surface area contributed by atoms with E-state index in [2.05, 4.69) is 0 Å². The Kier molecular flexibility index (Phi) is 9.33. The molecule has 2 aliphatic carbocycles. The molecule has 0 aliphatic heterocycles. The van der Waals surface area contributed by atoms with Crippen LogP contribution in [0.2, 0.25) is 0 Å². The third-order valence-electron chi connectivity index (χ3n) is 1.85. The second kappa shape index (κ2) is 9.23. The number of aldehydes is 1. The summed E-state index contributed by atoms with van der Waals surface area (Å²) in [4.78, 5) is 10.2. The van der Waals surface area contributed by atoms with Gasteiger partial charge >= 0.3 is 7.12 Å². The second-order valence-electron chi connectivity index (χ2n) is 2.89. The Bertz CT molecular complexity index is 178. The molecule has 2 N–H and O–H groups in total. The van der Waals surface area contributed by atoms with Gasteiger partial charge in [0, 0.05) is 28.8 Å². The number of carbonyl (C=O) groups excluding carboxylic acids is 1.